The van der Waals surface area contributed by atoms with E-state index in [2.05, 4.69) is 15.6 Å². The topological polar surface area (TPSA) is 89.1 Å². The summed E-state index contributed by atoms with van der Waals surface area (Å²) in [5.74, 6) is 0. The minimum Gasteiger partial charge on any atom is -0.332 e. The van der Waals surface area contributed by atoms with Crippen LogP contribution in [0.3, 0.4) is 0 Å². The standard InChI is InChI=1S/C12H20N6O/c1-17-9(6-15-16-17)5-14-11(19)18-7-10(13)12(8-18)3-2-4-12/h6,10H,2-5,7-8,13H2,1H3,(H,14,19). The van der Waals surface area contributed by atoms with Crippen molar-refractivity contribution >= 4 is 6.03 Å². The molecule has 19 heavy (non-hydrogen) atoms. The number of urea groups is 1. The molecular formula is C12H20N6O. The number of carbonyl (C=O) groups is 1. The normalized spacial score (nSPS) is 24.5. The summed E-state index contributed by atoms with van der Waals surface area (Å²) < 4.78 is 1.66. The third-order valence-corrected chi connectivity index (χ3v) is 4.57. The Bertz CT molecular complexity index is 480. The smallest absolute Gasteiger partial charge is 0.317 e. The molecule has 2 aliphatic rings. The fourth-order valence-electron chi connectivity index (χ4n) is 3.06. The van der Waals surface area contributed by atoms with Crippen molar-refractivity contribution in [2.75, 3.05) is 13.1 Å². The van der Waals surface area contributed by atoms with Gasteiger partial charge in [0.2, 0.25) is 0 Å². The Balaban J connectivity index is 1.55. The van der Waals surface area contributed by atoms with Crippen molar-refractivity contribution in [3.8, 4) is 0 Å². The summed E-state index contributed by atoms with van der Waals surface area (Å²) >= 11 is 0. The van der Waals surface area contributed by atoms with Crippen LogP contribution in [0.25, 0.3) is 0 Å². The van der Waals surface area contributed by atoms with Gasteiger partial charge in [0.25, 0.3) is 0 Å². The van der Waals surface area contributed by atoms with Crippen LogP contribution in [0.15, 0.2) is 6.20 Å². The van der Waals surface area contributed by atoms with Gasteiger partial charge in [0.05, 0.1) is 18.4 Å². The maximum atomic E-state index is 12.1. The van der Waals surface area contributed by atoms with Crippen molar-refractivity contribution in [3.05, 3.63) is 11.9 Å². The highest BCUT2D eigenvalue weighted by Crippen LogP contribution is 2.47. The third kappa shape index (κ3) is 2.07. The van der Waals surface area contributed by atoms with Gasteiger partial charge in [-0.15, -0.1) is 5.10 Å². The molecule has 2 heterocycles. The Morgan fingerprint density at radius 2 is 2.42 bits per heavy atom. The fraction of sp³-hybridized carbons (Fsp3) is 0.750. The number of aromatic nitrogens is 3. The van der Waals surface area contributed by atoms with Crippen LogP contribution in [0.5, 0.6) is 0 Å². The second-order valence-corrected chi connectivity index (χ2v) is 5.71. The average molecular weight is 264 g/mol. The van der Waals surface area contributed by atoms with Crippen molar-refractivity contribution in [3.63, 3.8) is 0 Å². The maximum absolute atomic E-state index is 12.1. The SMILES string of the molecule is Cn1nncc1CNC(=O)N1CC(N)C2(CCC2)C1. The zero-order valence-electron chi connectivity index (χ0n) is 11.2. The molecule has 1 saturated heterocycles. The molecule has 2 fully saturated rings. The van der Waals surface area contributed by atoms with Crippen molar-refractivity contribution in [1.82, 2.24) is 25.2 Å². The number of nitrogens with zero attached hydrogens (tertiary/aromatic N) is 4. The van der Waals surface area contributed by atoms with Crippen LogP contribution in [-0.2, 0) is 13.6 Å². The van der Waals surface area contributed by atoms with Crippen LogP contribution in [0.4, 0.5) is 4.79 Å². The van der Waals surface area contributed by atoms with Crippen LogP contribution in [0.1, 0.15) is 25.0 Å². The molecule has 0 radical (unpaired) electrons. The molecule has 2 amide bonds. The summed E-state index contributed by atoms with van der Waals surface area (Å²) in [6.45, 7) is 1.90. The molecule has 3 N–H and O–H groups in total. The molecule has 1 aromatic rings. The number of hydrogen-bond acceptors (Lipinski definition) is 4. The van der Waals surface area contributed by atoms with E-state index in [1.807, 2.05) is 11.9 Å². The summed E-state index contributed by atoms with van der Waals surface area (Å²) in [7, 11) is 1.81. The van der Waals surface area contributed by atoms with Gasteiger partial charge in [-0.2, -0.15) is 0 Å². The predicted octanol–water partition coefficient (Wildman–Crippen LogP) is -0.162. The van der Waals surface area contributed by atoms with E-state index < -0.39 is 0 Å². The van der Waals surface area contributed by atoms with Gasteiger partial charge in [-0.1, -0.05) is 11.6 Å². The van der Waals surface area contributed by atoms with E-state index in [1.54, 1.807) is 10.9 Å². The van der Waals surface area contributed by atoms with Crippen LogP contribution < -0.4 is 11.1 Å². The number of nitrogens with one attached hydrogen (secondary N) is 1. The van der Waals surface area contributed by atoms with Crippen molar-refractivity contribution in [2.24, 2.45) is 18.2 Å². The number of rotatable bonds is 2. The van der Waals surface area contributed by atoms with E-state index in [4.69, 9.17) is 5.73 Å². The molecule has 7 nitrogen and oxygen atoms in total. The third-order valence-electron chi connectivity index (χ3n) is 4.57. The van der Waals surface area contributed by atoms with E-state index >= 15 is 0 Å². The highest BCUT2D eigenvalue weighted by molar-refractivity contribution is 5.74. The first-order valence-corrected chi connectivity index (χ1v) is 6.73. The monoisotopic (exact) mass is 264 g/mol. The number of hydrogen-bond donors (Lipinski definition) is 2. The lowest BCUT2D eigenvalue weighted by Crippen LogP contribution is -2.45. The molecule has 1 aliphatic carbocycles. The lowest BCUT2D eigenvalue weighted by molar-refractivity contribution is 0.125. The predicted molar refractivity (Wildman–Crippen MR) is 69.1 cm³/mol. The van der Waals surface area contributed by atoms with Gasteiger partial charge >= 0.3 is 6.03 Å². The van der Waals surface area contributed by atoms with E-state index in [-0.39, 0.29) is 17.5 Å². The molecule has 1 saturated carbocycles. The quantitative estimate of drug-likeness (QED) is 0.776. The van der Waals surface area contributed by atoms with E-state index in [1.165, 1.54) is 6.42 Å². The van der Waals surface area contributed by atoms with Gasteiger partial charge in [-0.3, -0.25) is 4.68 Å². The van der Waals surface area contributed by atoms with Gasteiger partial charge in [0.15, 0.2) is 0 Å². The van der Waals surface area contributed by atoms with Crippen molar-refractivity contribution in [2.45, 2.75) is 31.8 Å². The average Bonchev–Trinajstić information content (AvgIpc) is 2.89. The lowest BCUT2D eigenvalue weighted by Gasteiger charge is -2.41. The van der Waals surface area contributed by atoms with Crippen LogP contribution in [-0.4, -0.2) is 45.1 Å². The Morgan fingerprint density at radius 3 is 2.95 bits per heavy atom. The van der Waals surface area contributed by atoms with E-state index in [0.717, 1.165) is 25.1 Å². The largest absolute Gasteiger partial charge is 0.332 e. The number of likely N-dealkylation sites (tertiary alicyclic amines) is 1. The summed E-state index contributed by atoms with van der Waals surface area (Å²) in [6, 6.07) is 0.0887. The fourth-order valence-corrected chi connectivity index (χ4v) is 3.06. The van der Waals surface area contributed by atoms with Gasteiger partial charge in [0, 0.05) is 31.6 Å². The molecule has 1 atom stereocenters. The lowest BCUT2D eigenvalue weighted by atomic mass is 9.66. The molecule has 1 aliphatic heterocycles. The van der Waals surface area contributed by atoms with Crippen LogP contribution >= 0.6 is 0 Å². The zero-order chi connectivity index (χ0) is 13.5. The van der Waals surface area contributed by atoms with E-state index in [9.17, 15) is 4.79 Å². The number of aryl methyl sites for hydroxylation is 1. The van der Waals surface area contributed by atoms with E-state index in [0.29, 0.717) is 13.1 Å². The Kier molecular flexibility index (Phi) is 2.93. The van der Waals surface area contributed by atoms with Gasteiger partial charge in [-0.25, -0.2) is 4.79 Å². The molecule has 104 valence electrons. The maximum Gasteiger partial charge on any atom is 0.317 e. The first-order chi connectivity index (χ1) is 9.11. The minimum atomic E-state index is -0.0413. The van der Waals surface area contributed by atoms with Gasteiger partial charge < -0.3 is 16.0 Å². The molecular weight excluding hydrogens is 244 g/mol. The van der Waals surface area contributed by atoms with Gasteiger partial charge in [-0.05, 0) is 12.8 Å². The van der Waals surface area contributed by atoms with Crippen LogP contribution in [0, 0.1) is 5.41 Å². The Hall–Kier alpha value is -1.63. The highest BCUT2D eigenvalue weighted by Gasteiger charge is 2.49. The van der Waals surface area contributed by atoms with Gasteiger partial charge in [0.1, 0.15) is 0 Å². The molecule has 0 aromatic carbocycles. The summed E-state index contributed by atoms with van der Waals surface area (Å²) in [4.78, 5) is 14.0. The molecule has 7 heteroatoms. The first-order valence-electron chi connectivity index (χ1n) is 6.73. The molecule has 1 aromatic heterocycles. The number of carbonyl (C=O) groups excluding carboxylic acids is 1. The molecule has 1 spiro atoms. The highest BCUT2D eigenvalue weighted by atomic mass is 16.2. The summed E-state index contributed by atoms with van der Waals surface area (Å²) in [6.07, 6.45) is 5.21. The first kappa shape index (κ1) is 12.4. The second kappa shape index (κ2) is 4.48. The molecule has 1 unspecified atom stereocenters. The molecule has 0 bridgehead atoms. The van der Waals surface area contributed by atoms with Crippen molar-refractivity contribution in [1.29, 1.82) is 0 Å². The minimum absolute atomic E-state index is 0.0413. The summed E-state index contributed by atoms with van der Waals surface area (Å²) in [5.41, 5.74) is 7.26. The van der Waals surface area contributed by atoms with Crippen molar-refractivity contribution < 1.29 is 4.79 Å². The second-order valence-electron chi connectivity index (χ2n) is 5.71. The van der Waals surface area contributed by atoms with Crippen LogP contribution in [0.2, 0.25) is 0 Å². The number of amides is 2. The zero-order valence-corrected chi connectivity index (χ0v) is 11.2. The Labute approximate surface area is 112 Å². The Morgan fingerprint density at radius 1 is 1.63 bits per heavy atom. The summed E-state index contributed by atoms with van der Waals surface area (Å²) in [5, 5.41) is 10.5. The number of nitrogens with two attached hydrogens (primary N) is 1. The molecule has 3 rings (SSSR count).